The second-order valence-corrected chi connectivity index (χ2v) is 5.42. The van der Waals surface area contributed by atoms with Crippen molar-refractivity contribution in [3.63, 3.8) is 0 Å². The highest BCUT2D eigenvalue weighted by atomic mass is 127. The molecule has 22 heavy (non-hydrogen) atoms. The predicted molar refractivity (Wildman–Crippen MR) is 106 cm³/mol. The first-order valence-corrected chi connectivity index (χ1v) is 7.88. The van der Waals surface area contributed by atoms with Crippen LogP contribution in [0.3, 0.4) is 0 Å². The molecule has 1 amide bonds. The summed E-state index contributed by atoms with van der Waals surface area (Å²) in [5.41, 5.74) is 0. The van der Waals surface area contributed by atoms with Gasteiger partial charge in [-0.25, -0.2) is 4.99 Å². The second kappa shape index (κ2) is 15.1. The van der Waals surface area contributed by atoms with Crippen molar-refractivity contribution < 1.29 is 4.79 Å². The van der Waals surface area contributed by atoms with Crippen LogP contribution in [0.2, 0.25) is 0 Å². The number of guanidine groups is 1. The highest BCUT2D eigenvalue weighted by molar-refractivity contribution is 14.0. The zero-order chi connectivity index (χ0) is 16.1. The lowest BCUT2D eigenvalue weighted by atomic mass is 9.99. The lowest BCUT2D eigenvalue weighted by molar-refractivity contribution is -0.127. The van der Waals surface area contributed by atoms with Gasteiger partial charge in [-0.15, -0.1) is 30.6 Å². The maximum absolute atomic E-state index is 11.6. The molecule has 1 atom stereocenters. The van der Waals surface area contributed by atoms with Crippen LogP contribution >= 0.6 is 24.0 Å². The normalized spacial score (nSPS) is 12.1. The molecule has 0 aromatic heterocycles. The van der Waals surface area contributed by atoms with Gasteiger partial charge in [0, 0.05) is 27.2 Å². The van der Waals surface area contributed by atoms with Crippen LogP contribution in [0.1, 0.15) is 39.5 Å². The number of carbonyl (C=O) groups excluding carboxylic acids is 1. The van der Waals surface area contributed by atoms with Crippen molar-refractivity contribution in [1.29, 1.82) is 0 Å². The van der Waals surface area contributed by atoms with Crippen molar-refractivity contribution in [3.05, 3.63) is 12.7 Å². The average Bonchev–Trinajstić information content (AvgIpc) is 2.48. The third-order valence-corrected chi connectivity index (χ3v) is 3.39. The van der Waals surface area contributed by atoms with Crippen LogP contribution in [-0.4, -0.2) is 50.5 Å². The third kappa shape index (κ3) is 11.8. The largest absolute Gasteiger partial charge is 0.356 e. The number of rotatable bonds is 10. The summed E-state index contributed by atoms with van der Waals surface area (Å²) in [5, 5.41) is 6.48. The second-order valence-electron chi connectivity index (χ2n) is 5.42. The first-order chi connectivity index (χ1) is 10.0. The summed E-state index contributed by atoms with van der Waals surface area (Å²) in [5.74, 6) is 1.32. The van der Waals surface area contributed by atoms with Gasteiger partial charge in [-0.2, -0.15) is 0 Å². The minimum absolute atomic E-state index is 0. The van der Waals surface area contributed by atoms with Crippen molar-refractivity contribution >= 4 is 35.8 Å². The van der Waals surface area contributed by atoms with Crippen LogP contribution in [0.25, 0.3) is 0 Å². The van der Waals surface area contributed by atoms with Crippen molar-refractivity contribution in [2.45, 2.75) is 39.5 Å². The number of likely N-dealkylation sites (N-methyl/N-ethyl adjacent to an activating group) is 1. The van der Waals surface area contributed by atoms with Gasteiger partial charge in [0.05, 0.1) is 0 Å². The molecule has 0 rings (SSSR count). The van der Waals surface area contributed by atoms with Crippen molar-refractivity contribution in [3.8, 4) is 0 Å². The number of unbranched alkanes of at least 4 members (excludes halogenated alkanes) is 1. The lowest BCUT2D eigenvalue weighted by Crippen LogP contribution is -2.40. The van der Waals surface area contributed by atoms with Gasteiger partial charge >= 0.3 is 0 Å². The Balaban J connectivity index is 0. The number of nitrogens with one attached hydrogen (secondary N) is 2. The molecule has 0 aliphatic heterocycles. The monoisotopic (exact) mass is 424 g/mol. The molecule has 5 nitrogen and oxygen atoms in total. The Labute approximate surface area is 153 Å². The summed E-state index contributed by atoms with van der Waals surface area (Å²) < 4.78 is 0. The summed E-state index contributed by atoms with van der Waals surface area (Å²) in [6.45, 7) is 9.79. The molecule has 2 N–H and O–H groups in total. The fraction of sp³-hybridized carbons (Fsp3) is 0.750. The number of hydrogen-bond donors (Lipinski definition) is 2. The molecule has 0 aromatic carbocycles. The molecule has 0 aliphatic carbocycles. The van der Waals surface area contributed by atoms with Crippen LogP contribution < -0.4 is 10.6 Å². The van der Waals surface area contributed by atoms with E-state index in [1.54, 1.807) is 25.1 Å². The van der Waals surface area contributed by atoms with E-state index in [1.165, 1.54) is 19.3 Å². The maximum Gasteiger partial charge on any atom is 0.243 e. The first kappa shape index (κ1) is 23.5. The summed E-state index contributed by atoms with van der Waals surface area (Å²) >= 11 is 0. The number of amides is 1. The Hall–Kier alpha value is -0.790. The van der Waals surface area contributed by atoms with E-state index in [0.717, 1.165) is 13.0 Å². The van der Waals surface area contributed by atoms with Gasteiger partial charge in [0.2, 0.25) is 5.91 Å². The molecule has 0 saturated heterocycles. The van der Waals surface area contributed by atoms with Gasteiger partial charge < -0.3 is 15.5 Å². The van der Waals surface area contributed by atoms with E-state index in [-0.39, 0.29) is 36.4 Å². The van der Waals surface area contributed by atoms with Gasteiger partial charge in [0.25, 0.3) is 0 Å². The molecule has 130 valence electrons. The van der Waals surface area contributed by atoms with Gasteiger partial charge in [0.15, 0.2) is 5.96 Å². The topological polar surface area (TPSA) is 56.7 Å². The molecular formula is C16H33IN4O. The molecule has 1 unspecified atom stereocenters. The number of hydrogen-bond acceptors (Lipinski definition) is 2. The molecule has 0 aliphatic rings. The van der Waals surface area contributed by atoms with Crippen molar-refractivity contribution in [2.75, 3.05) is 33.7 Å². The first-order valence-electron chi connectivity index (χ1n) is 7.88. The number of aliphatic imine (C=N–C) groups is 1. The Morgan fingerprint density at radius 1 is 1.32 bits per heavy atom. The number of halogens is 1. The Morgan fingerprint density at radius 2 is 2.00 bits per heavy atom. The van der Waals surface area contributed by atoms with Crippen LogP contribution in [0.4, 0.5) is 0 Å². The maximum atomic E-state index is 11.6. The van der Waals surface area contributed by atoms with Crippen LogP contribution in [0, 0.1) is 5.92 Å². The molecule has 0 heterocycles. The van der Waals surface area contributed by atoms with Gasteiger partial charge in [-0.05, 0) is 12.3 Å². The van der Waals surface area contributed by atoms with Crippen LogP contribution in [-0.2, 0) is 4.79 Å². The minimum atomic E-state index is -0.00673. The quantitative estimate of drug-likeness (QED) is 0.245. The molecule has 0 spiro atoms. The van der Waals surface area contributed by atoms with E-state index in [0.29, 0.717) is 18.4 Å². The summed E-state index contributed by atoms with van der Waals surface area (Å²) in [6.07, 6.45) is 6.64. The minimum Gasteiger partial charge on any atom is -0.356 e. The Kier molecular flexibility index (Phi) is 16.1. The van der Waals surface area contributed by atoms with Gasteiger partial charge in [0.1, 0.15) is 6.54 Å². The van der Waals surface area contributed by atoms with E-state index in [9.17, 15) is 4.79 Å². The lowest BCUT2D eigenvalue weighted by Gasteiger charge is -2.18. The van der Waals surface area contributed by atoms with E-state index < -0.39 is 0 Å². The van der Waals surface area contributed by atoms with Gasteiger partial charge in [-0.1, -0.05) is 39.2 Å². The molecular weight excluding hydrogens is 391 g/mol. The van der Waals surface area contributed by atoms with Crippen LogP contribution in [0.15, 0.2) is 17.6 Å². The Morgan fingerprint density at radius 3 is 2.50 bits per heavy atom. The molecule has 0 fully saturated rings. The van der Waals surface area contributed by atoms with Crippen molar-refractivity contribution in [2.24, 2.45) is 10.9 Å². The fourth-order valence-electron chi connectivity index (χ4n) is 1.82. The number of nitrogens with zero attached hydrogens (tertiary/aromatic N) is 2. The van der Waals surface area contributed by atoms with E-state index >= 15 is 0 Å². The van der Waals surface area contributed by atoms with Crippen molar-refractivity contribution in [1.82, 2.24) is 15.5 Å². The molecule has 0 aromatic rings. The smallest absolute Gasteiger partial charge is 0.243 e. The third-order valence-electron chi connectivity index (χ3n) is 3.39. The van der Waals surface area contributed by atoms with Crippen LogP contribution in [0.5, 0.6) is 0 Å². The highest BCUT2D eigenvalue weighted by Gasteiger charge is 2.08. The predicted octanol–water partition coefficient (Wildman–Crippen LogP) is 2.63. The molecule has 0 radical (unpaired) electrons. The summed E-state index contributed by atoms with van der Waals surface area (Å²) in [6, 6.07) is 0. The zero-order valence-corrected chi connectivity index (χ0v) is 16.9. The SMILES string of the molecule is C=CCNC(=NCC(=O)N(C)C)NCC(CC)CCCC.I. The molecule has 0 saturated carbocycles. The summed E-state index contributed by atoms with van der Waals surface area (Å²) in [7, 11) is 3.47. The average molecular weight is 424 g/mol. The van der Waals surface area contributed by atoms with Gasteiger partial charge in [-0.3, -0.25) is 4.79 Å². The van der Waals surface area contributed by atoms with E-state index in [1.807, 2.05) is 0 Å². The number of carbonyl (C=O) groups is 1. The Bertz CT molecular complexity index is 332. The fourth-order valence-corrected chi connectivity index (χ4v) is 1.82. The standard InChI is InChI=1S/C16H32N4O.HI/c1-6-9-10-14(8-3)12-18-16(17-11-7-2)19-13-15(21)20(4)5;/h7,14H,2,6,8-13H2,1,3-5H3,(H2,17,18,19);1H. The molecule has 0 bridgehead atoms. The van der Waals surface area contributed by atoms with E-state index in [2.05, 4.69) is 36.1 Å². The zero-order valence-electron chi connectivity index (χ0n) is 14.5. The summed E-state index contributed by atoms with van der Waals surface area (Å²) in [4.78, 5) is 17.5. The highest BCUT2D eigenvalue weighted by Crippen LogP contribution is 2.10. The van der Waals surface area contributed by atoms with E-state index in [4.69, 9.17) is 0 Å². The molecule has 6 heteroatoms.